The standard InChI is InChI=1S/C18H33N3O3.C7H19N3.2C2H6.CH5N/c1-2-3-8-20-9-13-24-18-6-4-5-17(16-18)21-10-12-23-15-14-22-11-7-19;1-7(2,6-8)10-5-4-9-3;3*1-2/h4-6,16,20-21H,2-3,7-15,19H2,1H3;9-10H,4-6,8H2,1-3H3;2*1-2H3;2H2,1H3. The number of nitrogens with two attached hydrogens (primary N) is 3. The number of benzene rings is 1. The van der Waals surface area contributed by atoms with Crippen LogP contribution in [-0.4, -0.2) is 98.5 Å². The lowest BCUT2D eigenvalue weighted by atomic mass is 10.1. The van der Waals surface area contributed by atoms with Gasteiger partial charge >= 0.3 is 0 Å². The monoisotopic (exact) mass is 576 g/mol. The van der Waals surface area contributed by atoms with Crippen LogP contribution in [0.2, 0.25) is 0 Å². The molecule has 0 atom stereocenters. The van der Waals surface area contributed by atoms with E-state index in [9.17, 15) is 0 Å². The molecule has 0 aromatic heterocycles. The van der Waals surface area contributed by atoms with Crippen LogP contribution < -0.4 is 43.2 Å². The Bertz CT molecular complexity index is 568. The van der Waals surface area contributed by atoms with Gasteiger partial charge in [-0.3, -0.25) is 0 Å². The fourth-order valence-corrected chi connectivity index (χ4v) is 2.63. The zero-order valence-electron chi connectivity index (χ0n) is 27.7. The van der Waals surface area contributed by atoms with Gasteiger partial charge in [0.2, 0.25) is 0 Å². The molecule has 10 heteroatoms. The van der Waals surface area contributed by atoms with Crippen LogP contribution in [0.15, 0.2) is 24.3 Å². The maximum atomic E-state index is 5.75. The minimum Gasteiger partial charge on any atom is -0.492 e. The van der Waals surface area contributed by atoms with Crippen molar-refractivity contribution in [2.45, 2.75) is 66.8 Å². The first-order valence-electron chi connectivity index (χ1n) is 15.2. The van der Waals surface area contributed by atoms with E-state index in [-0.39, 0.29) is 5.54 Å². The van der Waals surface area contributed by atoms with Crippen molar-refractivity contribution in [3.8, 4) is 5.75 Å². The molecule has 0 saturated carbocycles. The van der Waals surface area contributed by atoms with Crippen LogP contribution >= 0.6 is 0 Å². The van der Waals surface area contributed by atoms with E-state index in [4.69, 9.17) is 25.7 Å². The predicted molar refractivity (Wildman–Crippen MR) is 177 cm³/mol. The number of ether oxygens (including phenoxy) is 3. The predicted octanol–water partition coefficient (Wildman–Crippen LogP) is 3.02. The van der Waals surface area contributed by atoms with Crippen molar-refractivity contribution in [1.82, 2.24) is 16.0 Å². The van der Waals surface area contributed by atoms with Gasteiger partial charge < -0.3 is 52.7 Å². The molecule has 0 aliphatic heterocycles. The second-order valence-electron chi connectivity index (χ2n) is 8.54. The minimum absolute atomic E-state index is 0.0802. The van der Waals surface area contributed by atoms with Crippen molar-refractivity contribution >= 4 is 5.69 Å². The lowest BCUT2D eigenvalue weighted by Gasteiger charge is -2.23. The molecule has 0 unspecified atom stereocenters. The average Bonchev–Trinajstić information content (AvgIpc) is 3.00. The van der Waals surface area contributed by atoms with Gasteiger partial charge in [0.15, 0.2) is 0 Å². The molecule has 1 aromatic rings. The lowest BCUT2D eigenvalue weighted by molar-refractivity contribution is 0.0548. The highest BCUT2D eigenvalue weighted by Gasteiger charge is 2.12. The zero-order chi connectivity index (χ0) is 31.3. The molecule has 0 fully saturated rings. The van der Waals surface area contributed by atoms with Crippen molar-refractivity contribution in [3.63, 3.8) is 0 Å². The third-order valence-corrected chi connectivity index (χ3v) is 4.79. The third kappa shape index (κ3) is 36.5. The van der Waals surface area contributed by atoms with Crippen LogP contribution in [0, 0.1) is 0 Å². The van der Waals surface area contributed by atoms with E-state index in [0.717, 1.165) is 44.2 Å². The second-order valence-corrected chi connectivity index (χ2v) is 8.54. The van der Waals surface area contributed by atoms with E-state index in [1.165, 1.54) is 19.9 Å². The Labute approximate surface area is 248 Å². The molecule has 1 aromatic carbocycles. The number of anilines is 1. The summed E-state index contributed by atoms with van der Waals surface area (Å²) in [5, 5.41) is 13.1. The molecule has 10 N–H and O–H groups in total. The summed E-state index contributed by atoms with van der Waals surface area (Å²) in [6.45, 7) is 23.3. The molecular weight excluding hydrogens is 506 g/mol. The highest BCUT2D eigenvalue weighted by atomic mass is 16.5. The molecule has 0 heterocycles. The Balaban J connectivity index is -0.000000338. The highest BCUT2D eigenvalue weighted by Crippen LogP contribution is 2.16. The summed E-state index contributed by atoms with van der Waals surface area (Å²) in [4.78, 5) is 0. The molecule has 0 amide bonds. The number of hydrogen-bond donors (Lipinski definition) is 7. The summed E-state index contributed by atoms with van der Waals surface area (Å²) >= 11 is 0. The largest absolute Gasteiger partial charge is 0.492 e. The van der Waals surface area contributed by atoms with Crippen molar-refractivity contribution in [3.05, 3.63) is 24.3 Å². The van der Waals surface area contributed by atoms with Crippen LogP contribution in [-0.2, 0) is 9.47 Å². The number of hydrogen-bond acceptors (Lipinski definition) is 10. The highest BCUT2D eigenvalue weighted by molar-refractivity contribution is 5.48. The molecule has 0 radical (unpaired) electrons. The van der Waals surface area contributed by atoms with Gasteiger partial charge in [-0.1, -0.05) is 47.1 Å². The summed E-state index contributed by atoms with van der Waals surface area (Å²) in [6.07, 6.45) is 2.42. The summed E-state index contributed by atoms with van der Waals surface area (Å²) in [5.41, 5.74) is 16.5. The Kier molecular flexibility index (Phi) is 45.1. The van der Waals surface area contributed by atoms with Crippen LogP contribution in [0.4, 0.5) is 5.69 Å². The number of nitrogens with one attached hydrogen (secondary N) is 4. The maximum Gasteiger partial charge on any atom is 0.121 e. The van der Waals surface area contributed by atoms with Gasteiger partial charge in [-0.2, -0.15) is 0 Å². The average molecular weight is 576 g/mol. The number of likely N-dealkylation sites (N-methyl/N-ethyl adjacent to an activating group) is 1. The number of unbranched alkanes of at least 4 members (excludes halogenated alkanes) is 1. The molecule has 1 rings (SSSR count). The van der Waals surface area contributed by atoms with Crippen LogP contribution in [0.25, 0.3) is 0 Å². The van der Waals surface area contributed by atoms with Gasteiger partial charge in [0.1, 0.15) is 12.4 Å². The Morgan fingerprint density at radius 3 is 2.02 bits per heavy atom. The second kappa shape index (κ2) is 39.6. The quantitative estimate of drug-likeness (QED) is 0.109. The molecular formula is C30H69N7O3. The molecule has 242 valence electrons. The molecule has 0 bridgehead atoms. The van der Waals surface area contributed by atoms with Gasteiger partial charge in [-0.15, -0.1) is 0 Å². The molecule has 40 heavy (non-hydrogen) atoms. The number of rotatable bonds is 21. The summed E-state index contributed by atoms with van der Waals surface area (Å²) in [6, 6.07) is 8.00. The maximum absolute atomic E-state index is 5.75. The van der Waals surface area contributed by atoms with Crippen molar-refractivity contribution in [2.24, 2.45) is 17.2 Å². The smallest absolute Gasteiger partial charge is 0.121 e. The first kappa shape index (κ1) is 45.5. The Morgan fingerprint density at radius 2 is 1.45 bits per heavy atom. The van der Waals surface area contributed by atoms with E-state index < -0.39 is 0 Å². The summed E-state index contributed by atoms with van der Waals surface area (Å²) in [7, 11) is 3.44. The van der Waals surface area contributed by atoms with Crippen LogP contribution in [0.1, 0.15) is 61.3 Å². The van der Waals surface area contributed by atoms with Crippen LogP contribution in [0.5, 0.6) is 5.75 Å². The van der Waals surface area contributed by atoms with Gasteiger partial charge in [-0.05, 0) is 53.0 Å². The van der Waals surface area contributed by atoms with Crippen LogP contribution in [0.3, 0.4) is 0 Å². The first-order chi connectivity index (χ1) is 19.5. The lowest BCUT2D eigenvalue weighted by Crippen LogP contribution is -2.47. The molecule has 0 saturated heterocycles. The van der Waals surface area contributed by atoms with E-state index >= 15 is 0 Å². The summed E-state index contributed by atoms with van der Waals surface area (Å²) in [5.74, 6) is 0.883. The van der Waals surface area contributed by atoms with Gasteiger partial charge in [0.05, 0.1) is 26.4 Å². The van der Waals surface area contributed by atoms with Gasteiger partial charge in [-0.25, -0.2) is 0 Å². The third-order valence-electron chi connectivity index (χ3n) is 4.79. The van der Waals surface area contributed by atoms with Crippen molar-refractivity contribution in [2.75, 3.05) is 98.3 Å². The van der Waals surface area contributed by atoms with Gasteiger partial charge in [0, 0.05) is 56.6 Å². The normalized spacial score (nSPS) is 9.90. The molecule has 0 aliphatic carbocycles. The first-order valence-corrected chi connectivity index (χ1v) is 15.2. The molecule has 10 nitrogen and oxygen atoms in total. The Morgan fingerprint density at radius 1 is 0.800 bits per heavy atom. The Hall–Kier alpha value is -1.50. The zero-order valence-corrected chi connectivity index (χ0v) is 27.7. The molecule has 0 aliphatic rings. The fourth-order valence-electron chi connectivity index (χ4n) is 2.63. The fraction of sp³-hybridized carbons (Fsp3) is 0.800. The molecule has 0 spiro atoms. The SMILES string of the molecule is CC.CC.CCCCNCCOc1cccc(NCCOCCOCCN)c1.CN.CNCCNC(C)(C)CN. The topological polar surface area (TPSA) is 154 Å². The van der Waals surface area contributed by atoms with Crippen molar-refractivity contribution in [1.29, 1.82) is 0 Å². The van der Waals surface area contributed by atoms with E-state index in [1.54, 1.807) is 0 Å². The van der Waals surface area contributed by atoms with Gasteiger partial charge in [0.25, 0.3) is 0 Å². The van der Waals surface area contributed by atoms with E-state index in [2.05, 4.69) is 47.8 Å². The minimum atomic E-state index is 0.0802. The van der Waals surface area contributed by atoms with E-state index in [1.807, 2.05) is 59.0 Å². The summed E-state index contributed by atoms with van der Waals surface area (Å²) < 4.78 is 16.5. The van der Waals surface area contributed by atoms with Crippen molar-refractivity contribution < 1.29 is 14.2 Å². The van der Waals surface area contributed by atoms with E-state index in [0.29, 0.717) is 46.1 Å².